The summed E-state index contributed by atoms with van der Waals surface area (Å²) in [5.74, 6) is -1.89. The van der Waals surface area contributed by atoms with E-state index in [1.807, 2.05) is 12.2 Å². The van der Waals surface area contributed by atoms with Gasteiger partial charge in [0.15, 0.2) is 0 Å². The van der Waals surface area contributed by atoms with Gasteiger partial charge in [0.05, 0.1) is 17.8 Å². The van der Waals surface area contributed by atoms with Gasteiger partial charge in [-0.15, -0.1) is 6.42 Å². The number of rotatable bonds is 3. The van der Waals surface area contributed by atoms with E-state index >= 15 is 0 Å². The second-order valence-electron chi connectivity index (χ2n) is 9.02. The predicted octanol–water partition coefficient (Wildman–Crippen LogP) is 6.26. The van der Waals surface area contributed by atoms with Crippen LogP contribution in [0.25, 0.3) is 0 Å². The Labute approximate surface area is 213 Å². The van der Waals surface area contributed by atoms with Crippen molar-refractivity contribution in [2.45, 2.75) is 103 Å². The van der Waals surface area contributed by atoms with Crippen molar-refractivity contribution in [3.05, 3.63) is 24.3 Å². The van der Waals surface area contributed by atoms with E-state index in [4.69, 9.17) is 15.3 Å². The maximum absolute atomic E-state index is 10.4. The van der Waals surface area contributed by atoms with Crippen LogP contribution >= 0.6 is 0 Å². The Morgan fingerprint density at radius 3 is 1.00 bits per heavy atom. The Hall–Kier alpha value is -1.40. The van der Waals surface area contributed by atoms with E-state index in [-0.39, 0.29) is 39.5 Å². The van der Waals surface area contributed by atoms with Crippen LogP contribution in [0.5, 0.6) is 0 Å². The molecule has 3 N–H and O–H groups in total. The van der Waals surface area contributed by atoms with Gasteiger partial charge in [0.2, 0.25) is 0 Å². The zero-order valence-electron chi connectivity index (χ0n) is 19.8. The number of hydrogen-bond donors (Lipinski definition) is 3. The van der Waals surface area contributed by atoms with Crippen LogP contribution in [0.3, 0.4) is 0 Å². The van der Waals surface area contributed by atoms with Gasteiger partial charge in [-0.05, 0) is 38.5 Å². The van der Waals surface area contributed by atoms with Crippen LogP contribution in [0.2, 0.25) is 0 Å². The van der Waals surface area contributed by atoms with E-state index in [1.54, 1.807) is 0 Å². The average Bonchev–Trinajstić information content (AvgIpc) is 3.42. The predicted molar refractivity (Wildman–Crippen MR) is 124 cm³/mol. The number of aliphatic carboxylic acids is 3. The molecule has 0 bridgehead atoms. The van der Waals surface area contributed by atoms with Crippen LogP contribution in [-0.4, -0.2) is 33.2 Å². The first-order valence-electron chi connectivity index (χ1n) is 12.3. The van der Waals surface area contributed by atoms with Gasteiger partial charge in [-0.3, -0.25) is 20.5 Å². The topological polar surface area (TPSA) is 112 Å². The normalized spacial score (nSPS) is 20.5. The minimum atomic E-state index is -0.602. The van der Waals surface area contributed by atoms with Gasteiger partial charge in [0.1, 0.15) is 0 Å². The maximum atomic E-state index is 10.4. The first kappa shape index (κ1) is 31.6. The fraction of sp³-hybridized carbons (Fsp3) is 0.731. The van der Waals surface area contributed by atoms with Crippen LogP contribution in [0.15, 0.2) is 18.2 Å². The number of carboxylic acids is 3. The van der Waals surface area contributed by atoms with Crippen LogP contribution in [0.4, 0.5) is 0 Å². The Bertz CT molecular complexity index is 521. The summed E-state index contributed by atoms with van der Waals surface area (Å²) >= 11 is 0. The Morgan fingerprint density at radius 1 is 0.576 bits per heavy atom. The molecule has 0 aromatic rings. The molecule has 0 spiro atoms. The molecular weight excluding hydrogens is 456 g/mol. The molecule has 0 saturated heterocycles. The SMILES string of the molecule is O=C(O)C1CCCCC1.O=C(O)C1CCCCC1.O=C(O)C1CCCCC1.[C-]1=CC=CC1.[Ti]. The number of allylic oxidation sites excluding steroid dienone is 4. The van der Waals surface area contributed by atoms with Gasteiger partial charge < -0.3 is 15.3 Å². The van der Waals surface area contributed by atoms with Crippen molar-refractivity contribution in [1.29, 1.82) is 0 Å². The molecule has 186 valence electrons. The molecule has 0 radical (unpaired) electrons. The minimum absolute atomic E-state index is 0. The molecule has 0 amide bonds. The van der Waals surface area contributed by atoms with Crippen molar-refractivity contribution in [3.8, 4) is 0 Å². The molecule has 7 heteroatoms. The third-order valence-electron chi connectivity index (χ3n) is 6.45. The molecule has 0 atom stereocenters. The molecule has 3 saturated carbocycles. The zero-order valence-corrected chi connectivity index (χ0v) is 21.4. The van der Waals surface area contributed by atoms with E-state index in [0.717, 1.165) is 83.5 Å². The quantitative estimate of drug-likeness (QED) is 0.314. The molecule has 0 heterocycles. The smallest absolute Gasteiger partial charge is 0.306 e. The Morgan fingerprint density at radius 2 is 0.879 bits per heavy atom. The summed E-state index contributed by atoms with van der Waals surface area (Å²) in [7, 11) is 0. The molecule has 4 aliphatic rings. The summed E-state index contributed by atoms with van der Waals surface area (Å²) in [5.41, 5.74) is 0. The standard InChI is InChI=1S/3C7H12O2.C5H5.Ti/c3*8-7(9)6-4-2-1-3-5-6;1-2-4-5-3-1;/h3*6H,1-5H2,(H,8,9);1-3H,4H2;/q;;;-1;. The third kappa shape index (κ3) is 16.0. The fourth-order valence-electron chi connectivity index (χ4n) is 4.39. The van der Waals surface area contributed by atoms with E-state index < -0.39 is 17.9 Å². The summed E-state index contributed by atoms with van der Waals surface area (Å²) in [6, 6.07) is 0. The number of carbonyl (C=O) groups is 3. The number of carboxylic acid groups (broad SMARTS) is 3. The van der Waals surface area contributed by atoms with Gasteiger partial charge in [0.25, 0.3) is 0 Å². The van der Waals surface area contributed by atoms with Gasteiger partial charge in [0, 0.05) is 21.7 Å². The minimum Gasteiger partial charge on any atom is -0.481 e. The number of hydrogen-bond acceptors (Lipinski definition) is 3. The van der Waals surface area contributed by atoms with Gasteiger partial charge in [-0.1, -0.05) is 57.8 Å². The molecule has 0 aromatic heterocycles. The first-order chi connectivity index (χ1) is 15.4. The molecule has 4 rings (SSSR count). The summed E-state index contributed by atoms with van der Waals surface area (Å²) in [6.45, 7) is 0. The molecule has 6 nitrogen and oxygen atoms in total. The van der Waals surface area contributed by atoms with Crippen molar-refractivity contribution >= 4 is 17.9 Å². The zero-order chi connectivity index (χ0) is 23.6. The second kappa shape index (κ2) is 20.0. The van der Waals surface area contributed by atoms with E-state index in [0.29, 0.717) is 0 Å². The summed E-state index contributed by atoms with van der Waals surface area (Å²) in [6.07, 6.45) is 25.7. The molecule has 4 aliphatic carbocycles. The van der Waals surface area contributed by atoms with Crippen molar-refractivity contribution in [1.82, 2.24) is 0 Å². The van der Waals surface area contributed by atoms with Crippen LogP contribution in [-0.2, 0) is 36.1 Å². The average molecular weight is 497 g/mol. The van der Waals surface area contributed by atoms with Crippen molar-refractivity contribution in [2.75, 3.05) is 0 Å². The van der Waals surface area contributed by atoms with Crippen LogP contribution in [0, 0.1) is 23.8 Å². The fourth-order valence-corrected chi connectivity index (χ4v) is 4.39. The van der Waals surface area contributed by atoms with Crippen molar-refractivity contribution in [3.63, 3.8) is 0 Å². The summed E-state index contributed by atoms with van der Waals surface area (Å²) in [5, 5.41) is 25.6. The van der Waals surface area contributed by atoms with E-state index in [2.05, 4.69) is 12.2 Å². The van der Waals surface area contributed by atoms with Crippen molar-refractivity contribution < 1.29 is 51.4 Å². The molecule has 0 aromatic carbocycles. The molecule has 3 fully saturated rings. The largest absolute Gasteiger partial charge is 0.481 e. The first-order valence-corrected chi connectivity index (χ1v) is 12.3. The van der Waals surface area contributed by atoms with E-state index in [9.17, 15) is 14.4 Å². The Kier molecular flexibility index (Phi) is 19.2. The van der Waals surface area contributed by atoms with Gasteiger partial charge in [-0.2, -0.15) is 6.08 Å². The van der Waals surface area contributed by atoms with Crippen LogP contribution < -0.4 is 0 Å². The van der Waals surface area contributed by atoms with Crippen LogP contribution in [0.1, 0.15) is 103 Å². The monoisotopic (exact) mass is 497 g/mol. The Balaban J connectivity index is 0.000000417. The molecular formula is C26H41O6Ti-. The maximum Gasteiger partial charge on any atom is 0.306 e. The summed E-state index contributed by atoms with van der Waals surface area (Å²) in [4.78, 5) is 31.1. The van der Waals surface area contributed by atoms with Crippen molar-refractivity contribution in [2.24, 2.45) is 17.8 Å². The second-order valence-corrected chi connectivity index (χ2v) is 9.02. The molecule has 0 unspecified atom stereocenters. The van der Waals surface area contributed by atoms with Gasteiger partial charge >= 0.3 is 17.9 Å². The van der Waals surface area contributed by atoms with Gasteiger partial charge in [-0.25, -0.2) is 12.2 Å². The molecule has 0 aliphatic heterocycles. The van der Waals surface area contributed by atoms with E-state index in [1.165, 1.54) is 19.3 Å². The third-order valence-corrected chi connectivity index (χ3v) is 6.45. The molecule has 33 heavy (non-hydrogen) atoms. The summed E-state index contributed by atoms with van der Waals surface area (Å²) < 4.78 is 0.